The van der Waals surface area contributed by atoms with Crippen LogP contribution in [0, 0.1) is 0 Å². The van der Waals surface area contributed by atoms with Crippen LogP contribution in [0.4, 0.5) is 5.82 Å². The number of rotatable bonds is 3. The van der Waals surface area contributed by atoms with Gasteiger partial charge in [0, 0.05) is 17.5 Å². The van der Waals surface area contributed by atoms with E-state index in [1.165, 1.54) is 43.4 Å². The van der Waals surface area contributed by atoms with Crippen molar-refractivity contribution in [2.75, 3.05) is 5.32 Å². The van der Waals surface area contributed by atoms with Crippen molar-refractivity contribution in [1.29, 1.82) is 0 Å². The molecule has 2 heterocycles. The zero-order chi connectivity index (χ0) is 13.1. The van der Waals surface area contributed by atoms with Crippen LogP contribution in [-0.4, -0.2) is 16.0 Å². The molecule has 0 radical (unpaired) electrons. The van der Waals surface area contributed by atoms with E-state index in [1.807, 2.05) is 0 Å². The Balaban J connectivity index is 0.00000110. The first kappa shape index (κ1) is 18.4. The second-order valence-electron chi connectivity index (χ2n) is 5.19. The van der Waals surface area contributed by atoms with Crippen molar-refractivity contribution >= 4 is 52.2 Å². The highest BCUT2D eigenvalue weighted by Gasteiger charge is 2.15. The normalized spacial score (nSPS) is 15.9. The second kappa shape index (κ2) is 8.73. The molecule has 118 valence electrons. The Kier molecular flexibility index (Phi) is 7.66. The van der Waals surface area contributed by atoms with Crippen LogP contribution in [0.5, 0.6) is 0 Å². The van der Waals surface area contributed by atoms with Gasteiger partial charge < -0.3 is 11.1 Å². The van der Waals surface area contributed by atoms with Crippen LogP contribution in [0.25, 0.3) is 10.2 Å². The van der Waals surface area contributed by atoms with E-state index in [0.717, 1.165) is 16.0 Å². The second-order valence-corrected chi connectivity index (χ2v) is 6.31. The van der Waals surface area contributed by atoms with Crippen molar-refractivity contribution in [1.82, 2.24) is 9.97 Å². The topological polar surface area (TPSA) is 63.8 Å². The van der Waals surface area contributed by atoms with E-state index in [4.69, 9.17) is 5.73 Å². The maximum absolute atomic E-state index is 5.71. The highest BCUT2D eigenvalue weighted by atomic mass is 35.5. The van der Waals surface area contributed by atoms with Gasteiger partial charge in [-0.2, -0.15) is 0 Å². The summed E-state index contributed by atoms with van der Waals surface area (Å²) in [6.07, 6.45) is 9.53. The van der Waals surface area contributed by atoms with Gasteiger partial charge in [0.05, 0.1) is 5.39 Å². The average molecular weight is 349 g/mol. The lowest BCUT2D eigenvalue weighted by Crippen LogP contribution is -2.19. The monoisotopic (exact) mass is 348 g/mol. The SMILES string of the molecule is Cl.Cl.NCc1cc2c(NC3CCCCCC3)ncnc2s1. The van der Waals surface area contributed by atoms with Crippen LogP contribution in [0.2, 0.25) is 0 Å². The summed E-state index contributed by atoms with van der Waals surface area (Å²) in [4.78, 5) is 11.0. The summed E-state index contributed by atoms with van der Waals surface area (Å²) in [5.41, 5.74) is 5.71. The third-order valence-electron chi connectivity index (χ3n) is 3.78. The number of hydrogen-bond donors (Lipinski definition) is 2. The molecule has 21 heavy (non-hydrogen) atoms. The molecule has 4 nitrogen and oxygen atoms in total. The number of thiophene rings is 1. The predicted octanol–water partition coefficient (Wildman–Crippen LogP) is 4.13. The molecule has 0 aliphatic heterocycles. The zero-order valence-electron chi connectivity index (χ0n) is 11.9. The van der Waals surface area contributed by atoms with Gasteiger partial charge in [0.2, 0.25) is 0 Å². The molecule has 0 atom stereocenters. The Morgan fingerprint density at radius 1 is 1.14 bits per heavy atom. The molecule has 3 N–H and O–H groups in total. The Morgan fingerprint density at radius 2 is 1.86 bits per heavy atom. The maximum atomic E-state index is 5.71. The van der Waals surface area contributed by atoms with Gasteiger partial charge in [-0.1, -0.05) is 25.7 Å². The van der Waals surface area contributed by atoms with E-state index in [2.05, 4.69) is 21.4 Å². The lowest BCUT2D eigenvalue weighted by Gasteiger charge is -2.17. The maximum Gasteiger partial charge on any atom is 0.138 e. The molecule has 2 aromatic heterocycles. The van der Waals surface area contributed by atoms with Gasteiger partial charge in [-0.15, -0.1) is 36.2 Å². The number of fused-ring (bicyclic) bond motifs is 1. The summed E-state index contributed by atoms with van der Waals surface area (Å²) in [5, 5.41) is 4.74. The molecular formula is C14H22Cl2N4S. The van der Waals surface area contributed by atoms with Gasteiger partial charge in [0.25, 0.3) is 0 Å². The molecule has 0 bridgehead atoms. The van der Waals surface area contributed by atoms with Gasteiger partial charge in [-0.25, -0.2) is 9.97 Å². The number of aromatic nitrogens is 2. The first-order valence-corrected chi connectivity index (χ1v) is 7.88. The summed E-state index contributed by atoms with van der Waals surface area (Å²) < 4.78 is 0. The Hall–Kier alpha value is -0.620. The fourth-order valence-corrected chi connectivity index (χ4v) is 3.61. The highest BCUT2D eigenvalue weighted by Crippen LogP contribution is 2.29. The molecule has 0 unspecified atom stereocenters. The molecule has 1 fully saturated rings. The summed E-state index contributed by atoms with van der Waals surface area (Å²) in [6.45, 7) is 0.573. The Morgan fingerprint density at radius 3 is 2.52 bits per heavy atom. The van der Waals surface area contributed by atoms with Crippen LogP contribution in [-0.2, 0) is 6.54 Å². The fourth-order valence-electron chi connectivity index (χ4n) is 2.74. The summed E-state index contributed by atoms with van der Waals surface area (Å²) >= 11 is 1.66. The van der Waals surface area contributed by atoms with Gasteiger partial charge in [-0.05, 0) is 18.9 Å². The fraction of sp³-hybridized carbons (Fsp3) is 0.571. The molecule has 0 aromatic carbocycles. The summed E-state index contributed by atoms with van der Waals surface area (Å²) in [7, 11) is 0. The first-order chi connectivity index (χ1) is 9.36. The van der Waals surface area contributed by atoms with Crippen molar-refractivity contribution < 1.29 is 0 Å². The van der Waals surface area contributed by atoms with Crippen LogP contribution < -0.4 is 11.1 Å². The van der Waals surface area contributed by atoms with Crippen molar-refractivity contribution in [2.24, 2.45) is 5.73 Å². The van der Waals surface area contributed by atoms with E-state index in [1.54, 1.807) is 17.7 Å². The lowest BCUT2D eigenvalue weighted by molar-refractivity contribution is 0.618. The number of nitrogens with two attached hydrogens (primary N) is 1. The quantitative estimate of drug-likeness (QED) is 0.818. The highest BCUT2D eigenvalue weighted by molar-refractivity contribution is 7.18. The third kappa shape index (κ3) is 4.42. The van der Waals surface area contributed by atoms with E-state index >= 15 is 0 Å². The van der Waals surface area contributed by atoms with E-state index in [-0.39, 0.29) is 24.8 Å². The number of nitrogens with one attached hydrogen (secondary N) is 1. The molecular weight excluding hydrogens is 327 g/mol. The van der Waals surface area contributed by atoms with Crippen LogP contribution >= 0.6 is 36.2 Å². The molecule has 1 saturated carbocycles. The first-order valence-electron chi connectivity index (χ1n) is 7.07. The van der Waals surface area contributed by atoms with Gasteiger partial charge in [-0.3, -0.25) is 0 Å². The van der Waals surface area contributed by atoms with Crippen LogP contribution in [0.15, 0.2) is 12.4 Å². The van der Waals surface area contributed by atoms with Crippen LogP contribution in [0.1, 0.15) is 43.4 Å². The average Bonchev–Trinajstić information content (AvgIpc) is 2.70. The number of hydrogen-bond acceptors (Lipinski definition) is 5. The standard InChI is InChI=1S/C14H20N4S.2ClH/c15-8-11-7-12-13(16-9-17-14(12)19-11)18-10-5-3-1-2-4-6-10;;/h7,9-10H,1-6,8,15H2,(H,16,17,18);2*1H. The van der Waals surface area contributed by atoms with Crippen molar-refractivity contribution in [3.8, 4) is 0 Å². The number of nitrogens with zero attached hydrogens (tertiary/aromatic N) is 2. The Bertz CT molecular complexity index is 553. The van der Waals surface area contributed by atoms with E-state index < -0.39 is 0 Å². The summed E-state index contributed by atoms with van der Waals surface area (Å²) in [5.74, 6) is 0.979. The molecule has 1 aliphatic rings. The zero-order valence-corrected chi connectivity index (χ0v) is 14.3. The molecule has 2 aromatic rings. The minimum atomic E-state index is 0. The molecule has 7 heteroatoms. The van der Waals surface area contributed by atoms with E-state index in [9.17, 15) is 0 Å². The number of anilines is 1. The van der Waals surface area contributed by atoms with Crippen LogP contribution in [0.3, 0.4) is 0 Å². The van der Waals surface area contributed by atoms with E-state index in [0.29, 0.717) is 12.6 Å². The lowest BCUT2D eigenvalue weighted by atomic mass is 10.1. The van der Waals surface area contributed by atoms with Gasteiger partial charge >= 0.3 is 0 Å². The smallest absolute Gasteiger partial charge is 0.138 e. The molecule has 0 amide bonds. The minimum absolute atomic E-state index is 0. The molecule has 0 spiro atoms. The third-order valence-corrected chi connectivity index (χ3v) is 4.84. The Labute approximate surface area is 141 Å². The summed E-state index contributed by atoms with van der Waals surface area (Å²) in [6, 6.07) is 2.68. The van der Waals surface area contributed by atoms with Crippen molar-refractivity contribution in [3.05, 3.63) is 17.3 Å². The largest absolute Gasteiger partial charge is 0.367 e. The molecule has 3 rings (SSSR count). The van der Waals surface area contributed by atoms with Gasteiger partial charge in [0.15, 0.2) is 0 Å². The minimum Gasteiger partial charge on any atom is -0.367 e. The van der Waals surface area contributed by atoms with Crippen molar-refractivity contribution in [2.45, 2.75) is 51.1 Å². The van der Waals surface area contributed by atoms with Crippen molar-refractivity contribution in [3.63, 3.8) is 0 Å². The van der Waals surface area contributed by atoms with Gasteiger partial charge in [0.1, 0.15) is 17.0 Å². The number of halogens is 2. The predicted molar refractivity (Wildman–Crippen MR) is 94.9 cm³/mol. The molecule has 1 aliphatic carbocycles. The molecule has 0 saturated heterocycles.